The molecule has 4 heteroatoms. The first-order chi connectivity index (χ1) is 30.5. The van der Waals surface area contributed by atoms with Gasteiger partial charge in [0.2, 0.25) is 0 Å². The number of ketones is 2. The van der Waals surface area contributed by atoms with Crippen LogP contribution in [0.1, 0.15) is 254 Å². The van der Waals surface area contributed by atoms with Crippen LogP contribution in [0.15, 0.2) is 83.1 Å². The highest BCUT2D eigenvalue weighted by Crippen LogP contribution is 2.40. The minimum absolute atomic E-state index is 0.0379. The van der Waals surface area contributed by atoms with Gasteiger partial charge in [-0.1, -0.05) is 196 Å². The fourth-order valence-corrected chi connectivity index (χ4v) is 8.70. The van der Waals surface area contributed by atoms with Crippen LogP contribution in [0.5, 0.6) is 0 Å². The molecule has 1 aliphatic rings. The number of allylic oxidation sites excluding steroid dienone is 13. The van der Waals surface area contributed by atoms with Crippen LogP contribution >= 0.6 is 0 Å². The number of Topliss-reactive ketones (excluding diaryl/α,β-unsaturated/α-hetero) is 2. The van der Waals surface area contributed by atoms with Crippen LogP contribution in [0.2, 0.25) is 0 Å². The summed E-state index contributed by atoms with van der Waals surface area (Å²) in [5.74, 6) is -0.884. The minimum atomic E-state index is -0.573. The Kier molecular flexibility index (Phi) is 36.2. The topological polar surface area (TPSA) is 60.4 Å². The molecule has 0 fully saturated rings. The standard InChI is InChI=1S/C59H98O4/c1-8-10-12-14-16-18-20-22-24-26-28-30-32-34-36-43-55(60)49-54(57(61)44-37-35-33-31-29-27-25-23-21-19-17-15-13-11-9-2)50-63-58(62)48-52(4)41-38-40-51(3)45-46-56-53(5)42-39-47-59(56,6)7/h22-25,38,40-41,45-46,48,54H,8-21,26-37,39,42-44,47,49-50H2,1-7H3. The maximum atomic E-state index is 13.5. The number of unbranched alkanes of at least 4 members (excludes halogenated alkanes) is 22. The SMILES string of the molecule is CCCCCCCCC=CCCCCCCCC(=O)CC(COC(=O)C=C(C)C=CC=C(C)C=CC1=C(C)CCCC1(C)C)C(=O)CCCCCCCC=CCCCCCCCC. The molecule has 1 unspecified atom stereocenters. The van der Waals surface area contributed by atoms with Gasteiger partial charge in [0.1, 0.15) is 18.2 Å². The van der Waals surface area contributed by atoms with Crippen molar-refractivity contribution in [2.24, 2.45) is 11.3 Å². The Morgan fingerprint density at radius 2 is 1.10 bits per heavy atom. The maximum absolute atomic E-state index is 13.5. The van der Waals surface area contributed by atoms with Gasteiger partial charge in [0.15, 0.2) is 0 Å². The van der Waals surface area contributed by atoms with Gasteiger partial charge < -0.3 is 4.74 Å². The summed E-state index contributed by atoms with van der Waals surface area (Å²) >= 11 is 0. The average molecular weight is 871 g/mol. The molecule has 358 valence electrons. The van der Waals surface area contributed by atoms with Crippen LogP contribution < -0.4 is 0 Å². The van der Waals surface area contributed by atoms with Crippen LogP contribution in [0.4, 0.5) is 0 Å². The van der Waals surface area contributed by atoms with E-state index >= 15 is 0 Å². The normalized spacial score (nSPS) is 15.5. The van der Waals surface area contributed by atoms with Crippen LogP contribution in [0, 0.1) is 11.3 Å². The Hall–Kier alpha value is -3.01. The van der Waals surface area contributed by atoms with Crippen molar-refractivity contribution in [3.8, 4) is 0 Å². The lowest BCUT2D eigenvalue weighted by Gasteiger charge is -2.32. The number of hydrogen-bond donors (Lipinski definition) is 0. The van der Waals surface area contributed by atoms with E-state index in [2.05, 4.69) is 84.1 Å². The zero-order valence-corrected chi connectivity index (χ0v) is 42.3. The Labute approximate surface area is 390 Å². The Morgan fingerprint density at radius 3 is 1.60 bits per heavy atom. The lowest BCUT2D eigenvalue weighted by Crippen LogP contribution is -2.25. The Balaban J connectivity index is 2.58. The minimum Gasteiger partial charge on any atom is -0.462 e. The van der Waals surface area contributed by atoms with Gasteiger partial charge in [-0.05, 0) is 121 Å². The molecule has 1 aliphatic carbocycles. The molecule has 0 aromatic rings. The molecule has 4 nitrogen and oxygen atoms in total. The molecule has 0 saturated carbocycles. The molecule has 0 saturated heterocycles. The smallest absolute Gasteiger partial charge is 0.331 e. The van der Waals surface area contributed by atoms with E-state index in [0.717, 1.165) is 62.5 Å². The quantitative estimate of drug-likeness (QED) is 0.0202. The molecule has 1 atom stereocenters. The zero-order valence-electron chi connectivity index (χ0n) is 42.3. The van der Waals surface area contributed by atoms with Gasteiger partial charge in [-0.15, -0.1) is 0 Å². The fraction of sp³-hybridized carbons (Fsp3) is 0.712. The Bertz CT molecular complexity index is 1430. The number of rotatable bonds is 40. The number of esters is 1. The summed E-state index contributed by atoms with van der Waals surface area (Å²) < 4.78 is 5.65. The molecule has 63 heavy (non-hydrogen) atoms. The molecule has 1 rings (SSSR count). The van der Waals surface area contributed by atoms with Crippen molar-refractivity contribution in [3.05, 3.63) is 83.1 Å². The van der Waals surface area contributed by atoms with Crippen molar-refractivity contribution in [2.45, 2.75) is 254 Å². The highest BCUT2D eigenvalue weighted by atomic mass is 16.5. The van der Waals surface area contributed by atoms with E-state index in [-0.39, 0.29) is 30.0 Å². The molecule has 0 amide bonds. The van der Waals surface area contributed by atoms with Gasteiger partial charge in [0.05, 0.1) is 5.92 Å². The second-order valence-corrected chi connectivity index (χ2v) is 19.6. The summed E-state index contributed by atoms with van der Waals surface area (Å²) in [7, 11) is 0. The molecule has 0 N–H and O–H groups in total. The predicted molar refractivity (Wildman–Crippen MR) is 274 cm³/mol. The third kappa shape index (κ3) is 33.2. The van der Waals surface area contributed by atoms with E-state index in [1.165, 1.54) is 152 Å². The average Bonchev–Trinajstić information content (AvgIpc) is 3.24. The van der Waals surface area contributed by atoms with Gasteiger partial charge in [-0.3, -0.25) is 9.59 Å². The van der Waals surface area contributed by atoms with Crippen LogP contribution in [0.25, 0.3) is 0 Å². The second kappa shape index (κ2) is 39.4. The van der Waals surface area contributed by atoms with E-state index in [9.17, 15) is 14.4 Å². The van der Waals surface area contributed by atoms with Gasteiger partial charge in [0, 0.05) is 25.3 Å². The lowest BCUT2D eigenvalue weighted by molar-refractivity contribution is -0.142. The van der Waals surface area contributed by atoms with Crippen LogP contribution in [-0.4, -0.2) is 24.1 Å². The Morgan fingerprint density at radius 1 is 0.619 bits per heavy atom. The second-order valence-electron chi connectivity index (χ2n) is 19.6. The highest BCUT2D eigenvalue weighted by Gasteiger charge is 2.26. The highest BCUT2D eigenvalue weighted by molar-refractivity contribution is 5.89. The largest absolute Gasteiger partial charge is 0.462 e. The summed E-state index contributed by atoms with van der Waals surface area (Å²) in [5, 5.41) is 0. The first kappa shape index (κ1) is 58.0. The number of ether oxygens (including phenoxy) is 1. The predicted octanol–water partition coefficient (Wildman–Crippen LogP) is 18.3. The van der Waals surface area contributed by atoms with Crippen LogP contribution in [-0.2, 0) is 19.1 Å². The van der Waals surface area contributed by atoms with E-state index in [0.29, 0.717) is 12.8 Å². The van der Waals surface area contributed by atoms with Crippen LogP contribution in [0.3, 0.4) is 0 Å². The third-order valence-electron chi connectivity index (χ3n) is 12.9. The van der Waals surface area contributed by atoms with Crippen molar-refractivity contribution in [3.63, 3.8) is 0 Å². The third-order valence-corrected chi connectivity index (χ3v) is 12.9. The molecule has 0 aromatic carbocycles. The summed E-state index contributed by atoms with van der Waals surface area (Å²) in [6, 6.07) is 0. The molecule has 0 aromatic heterocycles. The van der Waals surface area contributed by atoms with Crippen molar-refractivity contribution in [1.29, 1.82) is 0 Å². The van der Waals surface area contributed by atoms with E-state index in [4.69, 9.17) is 4.74 Å². The summed E-state index contributed by atoms with van der Waals surface area (Å²) in [6.45, 7) is 15.4. The van der Waals surface area contributed by atoms with Crippen molar-refractivity contribution >= 4 is 17.5 Å². The van der Waals surface area contributed by atoms with Crippen molar-refractivity contribution < 1.29 is 19.1 Å². The number of carbonyl (C=O) groups excluding carboxylic acids is 3. The fourth-order valence-electron chi connectivity index (χ4n) is 8.70. The first-order valence-corrected chi connectivity index (χ1v) is 26.4. The molecule has 0 spiro atoms. The number of hydrogen-bond acceptors (Lipinski definition) is 4. The molecule has 0 radical (unpaired) electrons. The van der Waals surface area contributed by atoms with Gasteiger partial charge in [-0.25, -0.2) is 4.79 Å². The van der Waals surface area contributed by atoms with Gasteiger partial charge in [-0.2, -0.15) is 0 Å². The summed E-state index contributed by atoms with van der Waals surface area (Å²) in [5.41, 5.74) is 5.05. The molecule has 0 aliphatic heterocycles. The van der Waals surface area contributed by atoms with E-state index in [1.807, 2.05) is 19.1 Å². The molecule has 0 heterocycles. The van der Waals surface area contributed by atoms with Crippen molar-refractivity contribution in [1.82, 2.24) is 0 Å². The monoisotopic (exact) mass is 871 g/mol. The molecular weight excluding hydrogens is 773 g/mol. The summed E-state index contributed by atoms with van der Waals surface area (Å²) in [6.07, 6.45) is 57.5. The van der Waals surface area contributed by atoms with Gasteiger partial charge in [0.25, 0.3) is 0 Å². The van der Waals surface area contributed by atoms with Gasteiger partial charge >= 0.3 is 5.97 Å². The van der Waals surface area contributed by atoms with E-state index in [1.54, 1.807) is 0 Å². The number of carbonyl (C=O) groups is 3. The van der Waals surface area contributed by atoms with E-state index < -0.39 is 11.9 Å². The zero-order chi connectivity index (χ0) is 46.2. The molecule has 0 bridgehead atoms. The molecular formula is C59H98O4. The first-order valence-electron chi connectivity index (χ1n) is 26.4. The maximum Gasteiger partial charge on any atom is 0.331 e. The van der Waals surface area contributed by atoms with Crippen molar-refractivity contribution in [2.75, 3.05) is 6.61 Å². The lowest BCUT2D eigenvalue weighted by atomic mass is 9.72. The summed E-state index contributed by atoms with van der Waals surface area (Å²) in [4.78, 5) is 39.5.